The van der Waals surface area contributed by atoms with Crippen molar-refractivity contribution in [1.82, 2.24) is 15.0 Å². The number of carbonyl (C=O) groups excluding carboxylic acids is 1. The van der Waals surface area contributed by atoms with Crippen LogP contribution in [0.15, 0.2) is 54.9 Å². The highest BCUT2D eigenvalue weighted by atomic mass is 16.1. The van der Waals surface area contributed by atoms with Gasteiger partial charge in [0.25, 0.3) is 0 Å². The van der Waals surface area contributed by atoms with Crippen LogP contribution in [0.1, 0.15) is 23.3 Å². The normalized spacial score (nSPS) is 17.8. The number of hydrogen-bond donors (Lipinski definition) is 0. The van der Waals surface area contributed by atoms with Gasteiger partial charge in [0.15, 0.2) is 5.78 Å². The Hall–Kier alpha value is -2.82. The van der Waals surface area contributed by atoms with Crippen molar-refractivity contribution in [2.45, 2.75) is 12.8 Å². The molecule has 4 rings (SSSR count). The van der Waals surface area contributed by atoms with Crippen molar-refractivity contribution in [1.29, 1.82) is 0 Å². The quantitative estimate of drug-likeness (QED) is 0.694. The lowest BCUT2D eigenvalue weighted by molar-refractivity contribution is 0.0902. The molecule has 1 unspecified atom stereocenters. The Morgan fingerprint density at radius 1 is 1.04 bits per heavy atom. The Bertz CT molecular complexity index is 865. The number of fused-ring (bicyclic) bond motifs is 1. The first-order valence-corrected chi connectivity index (χ1v) is 8.23. The molecule has 0 N–H and O–H groups in total. The maximum atomic E-state index is 12.7. The molecule has 0 aliphatic carbocycles. The summed E-state index contributed by atoms with van der Waals surface area (Å²) in [5, 5.41) is 0. The van der Waals surface area contributed by atoms with Crippen LogP contribution in [-0.2, 0) is 0 Å². The van der Waals surface area contributed by atoms with E-state index in [9.17, 15) is 4.79 Å². The van der Waals surface area contributed by atoms with E-state index < -0.39 is 0 Å². The average molecular weight is 318 g/mol. The number of hydrogen-bond acceptors (Lipinski definition) is 5. The Kier molecular flexibility index (Phi) is 3.91. The zero-order valence-corrected chi connectivity index (χ0v) is 13.3. The summed E-state index contributed by atoms with van der Waals surface area (Å²) in [6, 6.07) is 13.3. The lowest BCUT2D eigenvalue weighted by Gasteiger charge is -2.32. The van der Waals surface area contributed by atoms with Gasteiger partial charge < -0.3 is 4.90 Å². The van der Waals surface area contributed by atoms with E-state index in [0.29, 0.717) is 12.2 Å². The molecule has 2 aromatic heterocycles. The van der Waals surface area contributed by atoms with Crippen LogP contribution in [0.25, 0.3) is 11.0 Å². The number of rotatable bonds is 3. The number of nitrogens with zero attached hydrogens (tertiary/aromatic N) is 4. The highest BCUT2D eigenvalue weighted by Crippen LogP contribution is 2.24. The molecule has 24 heavy (non-hydrogen) atoms. The minimum atomic E-state index is -0.0399. The van der Waals surface area contributed by atoms with Crippen LogP contribution in [-0.4, -0.2) is 33.8 Å². The van der Waals surface area contributed by atoms with Crippen LogP contribution in [0.4, 0.5) is 5.82 Å². The molecule has 1 aromatic carbocycles. The Morgan fingerprint density at radius 2 is 1.88 bits per heavy atom. The first-order valence-electron chi connectivity index (χ1n) is 8.23. The molecule has 0 amide bonds. The lowest BCUT2D eigenvalue weighted by Crippen LogP contribution is -2.39. The lowest BCUT2D eigenvalue weighted by atomic mass is 9.92. The molecule has 1 fully saturated rings. The fraction of sp³-hybridized carbons (Fsp3) is 0.263. The van der Waals surface area contributed by atoms with Crippen LogP contribution in [0.3, 0.4) is 0 Å². The van der Waals surface area contributed by atoms with Crippen molar-refractivity contribution in [3.63, 3.8) is 0 Å². The van der Waals surface area contributed by atoms with Gasteiger partial charge in [-0.15, -0.1) is 0 Å². The van der Waals surface area contributed by atoms with Gasteiger partial charge in [-0.1, -0.05) is 18.2 Å². The first kappa shape index (κ1) is 14.8. The zero-order chi connectivity index (χ0) is 16.4. The van der Waals surface area contributed by atoms with Crippen LogP contribution in [0.2, 0.25) is 0 Å². The summed E-state index contributed by atoms with van der Waals surface area (Å²) in [6.45, 7) is 1.57. The zero-order valence-electron chi connectivity index (χ0n) is 13.3. The van der Waals surface area contributed by atoms with E-state index in [2.05, 4.69) is 14.9 Å². The number of pyridine rings is 1. The van der Waals surface area contributed by atoms with Gasteiger partial charge in [0.05, 0.1) is 17.2 Å². The summed E-state index contributed by atoms with van der Waals surface area (Å²) in [5.74, 6) is 0.920. The van der Waals surface area contributed by atoms with Crippen molar-refractivity contribution < 1.29 is 4.79 Å². The number of para-hydroxylation sites is 2. The maximum absolute atomic E-state index is 12.7. The maximum Gasteiger partial charge on any atom is 0.185 e. The first-order chi connectivity index (χ1) is 11.8. The molecular weight excluding hydrogens is 300 g/mol. The molecule has 5 nitrogen and oxygen atoms in total. The Labute approximate surface area is 140 Å². The molecule has 3 heterocycles. The fourth-order valence-corrected chi connectivity index (χ4v) is 3.22. The molecule has 3 aromatic rings. The van der Waals surface area contributed by atoms with Gasteiger partial charge in [0.1, 0.15) is 11.5 Å². The summed E-state index contributed by atoms with van der Waals surface area (Å²) >= 11 is 0. The Balaban J connectivity index is 1.56. The van der Waals surface area contributed by atoms with Crippen molar-refractivity contribution in [3.05, 3.63) is 60.6 Å². The number of benzene rings is 1. The molecule has 1 aliphatic heterocycles. The van der Waals surface area contributed by atoms with Crippen LogP contribution in [0.5, 0.6) is 0 Å². The highest BCUT2D eigenvalue weighted by molar-refractivity contribution is 5.96. The largest absolute Gasteiger partial charge is 0.355 e. The molecule has 0 radical (unpaired) electrons. The van der Waals surface area contributed by atoms with Crippen molar-refractivity contribution in [2.75, 3.05) is 18.0 Å². The monoisotopic (exact) mass is 318 g/mol. The summed E-state index contributed by atoms with van der Waals surface area (Å²) in [4.78, 5) is 28.2. The van der Waals surface area contributed by atoms with Crippen molar-refractivity contribution in [2.24, 2.45) is 5.92 Å². The molecule has 0 bridgehead atoms. The topological polar surface area (TPSA) is 59.0 Å². The van der Waals surface area contributed by atoms with Gasteiger partial charge in [-0.2, -0.15) is 0 Å². The van der Waals surface area contributed by atoms with Crippen LogP contribution < -0.4 is 4.90 Å². The second kappa shape index (κ2) is 6.35. The van der Waals surface area contributed by atoms with E-state index in [4.69, 9.17) is 4.98 Å². The summed E-state index contributed by atoms with van der Waals surface area (Å²) in [6.07, 6.45) is 5.34. The van der Waals surface area contributed by atoms with Crippen molar-refractivity contribution >= 4 is 22.6 Å². The minimum absolute atomic E-state index is 0.0399. The van der Waals surface area contributed by atoms with E-state index >= 15 is 0 Å². The third-order valence-corrected chi connectivity index (χ3v) is 4.47. The number of aromatic nitrogens is 3. The molecular formula is C19H18N4O. The third-order valence-electron chi connectivity index (χ3n) is 4.47. The molecule has 1 saturated heterocycles. The number of anilines is 1. The van der Waals surface area contributed by atoms with E-state index in [-0.39, 0.29) is 11.7 Å². The third kappa shape index (κ3) is 2.85. The molecule has 0 saturated carbocycles. The van der Waals surface area contributed by atoms with Gasteiger partial charge in [0, 0.05) is 25.2 Å². The molecule has 1 atom stereocenters. The Morgan fingerprint density at radius 3 is 2.71 bits per heavy atom. The number of carbonyl (C=O) groups is 1. The molecule has 5 heteroatoms. The second-order valence-electron chi connectivity index (χ2n) is 6.08. The van der Waals surface area contributed by atoms with E-state index in [1.54, 1.807) is 18.5 Å². The van der Waals surface area contributed by atoms with Gasteiger partial charge in [-0.25, -0.2) is 4.98 Å². The number of Topliss-reactive ketones (excluding diaryl/α,β-unsaturated/α-hetero) is 1. The molecule has 1 aliphatic rings. The van der Waals surface area contributed by atoms with Gasteiger partial charge in [0.2, 0.25) is 0 Å². The molecule has 120 valence electrons. The summed E-state index contributed by atoms with van der Waals surface area (Å²) in [7, 11) is 0. The van der Waals surface area contributed by atoms with E-state index in [1.165, 1.54) is 0 Å². The van der Waals surface area contributed by atoms with Gasteiger partial charge >= 0.3 is 0 Å². The number of ketones is 1. The van der Waals surface area contributed by atoms with E-state index in [0.717, 1.165) is 36.2 Å². The van der Waals surface area contributed by atoms with Gasteiger partial charge in [-0.3, -0.25) is 14.8 Å². The molecule has 0 spiro atoms. The minimum Gasteiger partial charge on any atom is -0.355 e. The SMILES string of the molecule is O=C(c1ccccn1)C1CCCN(c2cnc3ccccc3n2)C1. The summed E-state index contributed by atoms with van der Waals surface area (Å²) in [5.41, 5.74) is 2.32. The predicted molar refractivity (Wildman–Crippen MR) is 93.0 cm³/mol. The second-order valence-corrected chi connectivity index (χ2v) is 6.08. The predicted octanol–water partition coefficient (Wildman–Crippen LogP) is 3.12. The standard InChI is InChI=1S/C19H18N4O/c24-19(17-9-3-4-10-20-17)14-6-5-11-23(13-14)18-12-21-15-7-1-2-8-16(15)22-18/h1-4,7-10,12,14H,5-6,11,13H2. The van der Waals surface area contributed by atoms with Crippen LogP contribution >= 0.6 is 0 Å². The summed E-state index contributed by atoms with van der Waals surface area (Å²) < 4.78 is 0. The number of piperidine rings is 1. The van der Waals surface area contributed by atoms with Crippen LogP contribution in [0, 0.1) is 5.92 Å². The average Bonchev–Trinajstić information content (AvgIpc) is 2.68. The smallest absolute Gasteiger partial charge is 0.185 e. The highest BCUT2D eigenvalue weighted by Gasteiger charge is 2.28. The van der Waals surface area contributed by atoms with Gasteiger partial charge in [-0.05, 0) is 37.1 Å². The van der Waals surface area contributed by atoms with E-state index in [1.807, 2.05) is 36.4 Å². The fourth-order valence-electron chi connectivity index (χ4n) is 3.22. The van der Waals surface area contributed by atoms with Crippen molar-refractivity contribution in [3.8, 4) is 0 Å².